The van der Waals surface area contributed by atoms with Crippen LogP contribution < -0.4 is 26.6 Å². The highest BCUT2D eigenvalue weighted by Gasteiger charge is 2.32. The molecule has 20 heteroatoms. The second kappa shape index (κ2) is 30.0. The molecule has 0 atom stereocenters. The summed E-state index contributed by atoms with van der Waals surface area (Å²) in [5, 5.41) is 20.2. The fourth-order valence-corrected chi connectivity index (χ4v) is 11.0. The van der Waals surface area contributed by atoms with Crippen LogP contribution in [0.15, 0.2) is 171 Å². The number of benzene rings is 4. The third kappa shape index (κ3) is 16.4. The van der Waals surface area contributed by atoms with Gasteiger partial charge in [0.1, 0.15) is 11.6 Å². The van der Waals surface area contributed by atoms with E-state index in [1.54, 1.807) is 72.5 Å². The molecule has 10 aromatic rings. The zero-order valence-corrected chi connectivity index (χ0v) is 56.0. The van der Waals surface area contributed by atoms with E-state index in [0.717, 1.165) is 67.7 Å². The third-order valence-electron chi connectivity index (χ3n) is 16.9. The van der Waals surface area contributed by atoms with Crippen LogP contribution in [0.2, 0.25) is 0 Å². The molecular weight excluding hydrogens is 1190 g/mol. The molecule has 0 fully saturated rings. The Morgan fingerprint density at radius 1 is 0.516 bits per heavy atom. The lowest BCUT2D eigenvalue weighted by Crippen LogP contribution is -2.47. The number of hydrogen-bond acceptors (Lipinski definition) is 10. The van der Waals surface area contributed by atoms with Gasteiger partial charge >= 0.3 is 0 Å². The first-order chi connectivity index (χ1) is 43.9. The molecule has 93 heavy (non-hydrogen) atoms. The Morgan fingerprint density at radius 3 is 1.15 bits per heavy atom. The molecule has 8 heterocycles. The van der Waals surface area contributed by atoms with Gasteiger partial charge in [-0.25, -0.2) is 9.97 Å². The number of nitrogens with zero attached hydrogens (tertiary/aromatic N) is 9. The number of pyridine rings is 2. The molecule has 5 amide bonds. The van der Waals surface area contributed by atoms with Crippen molar-refractivity contribution in [2.24, 2.45) is 28.2 Å². The van der Waals surface area contributed by atoms with Crippen LogP contribution in [0.25, 0.3) is 55.8 Å². The number of para-hydroxylation sites is 4. The summed E-state index contributed by atoms with van der Waals surface area (Å²) >= 11 is 0. The van der Waals surface area contributed by atoms with Crippen molar-refractivity contribution < 1.29 is 24.0 Å². The molecule has 0 saturated carbocycles. The number of aromatic nitrogens is 6. The van der Waals surface area contributed by atoms with Crippen LogP contribution in [0.4, 0.5) is 11.6 Å². The lowest BCUT2D eigenvalue weighted by atomic mass is 10.1. The number of likely N-dealkylation sites (N-methyl/N-ethyl adjacent to an activating group) is 3. The van der Waals surface area contributed by atoms with Crippen molar-refractivity contribution in [2.75, 3.05) is 38.8 Å². The normalized spacial score (nSPS) is 13.8. The minimum absolute atomic E-state index is 0. The van der Waals surface area contributed by atoms with E-state index in [-0.39, 0.29) is 41.9 Å². The number of carbonyl (C=O) groups is 5. The molecule has 6 aromatic heterocycles. The number of amides is 5. The monoisotopic (exact) mass is 1270 g/mol. The van der Waals surface area contributed by atoms with E-state index in [0.29, 0.717) is 44.4 Å². The number of nitrogens with one attached hydrogen (secondary N) is 5. The van der Waals surface area contributed by atoms with E-state index in [2.05, 4.69) is 153 Å². The van der Waals surface area contributed by atoms with Crippen molar-refractivity contribution >= 4 is 109 Å². The molecule has 4 aromatic carbocycles. The predicted molar refractivity (Wildman–Crippen MR) is 377 cm³/mol. The number of aryl methyl sites for hydroxylation is 4. The van der Waals surface area contributed by atoms with E-state index >= 15 is 0 Å². The molecule has 0 spiro atoms. The van der Waals surface area contributed by atoms with Gasteiger partial charge in [0.15, 0.2) is 0 Å². The van der Waals surface area contributed by atoms with Crippen molar-refractivity contribution in [3.8, 4) is 0 Å². The Morgan fingerprint density at radius 2 is 0.828 bits per heavy atom. The maximum atomic E-state index is 12.7. The highest BCUT2D eigenvalue weighted by atomic mass is 35.5. The number of halogens is 1. The molecule has 0 aliphatic carbocycles. The van der Waals surface area contributed by atoms with Gasteiger partial charge < -0.3 is 48.9 Å². The van der Waals surface area contributed by atoms with Gasteiger partial charge in [-0.1, -0.05) is 79.4 Å². The molecule has 0 bridgehead atoms. The SMILES string of the molecule is C=CC(=O)N(C)Cc1cc2ccccc2n1C.CN(Cc1cc2ccccc2n1C)C(=O)/C=C/c1cnc2c(c1)CNC(C)(C)C(=O)N2.CN(Cc1cc2ccccc2n1C)C(=O)/C=C/c1cnc2c(c1)CNC(C)(C)C(=O)N2.CNCc1cc2ccccc2n1C.Cl. The van der Waals surface area contributed by atoms with Crippen molar-refractivity contribution in [3.05, 3.63) is 216 Å². The number of rotatable bonds is 13. The summed E-state index contributed by atoms with van der Waals surface area (Å²) in [6.07, 6.45) is 11.3. The van der Waals surface area contributed by atoms with Crippen molar-refractivity contribution in [3.63, 3.8) is 0 Å². The first kappa shape index (κ1) is 69.0. The standard InChI is InChI=1S/2C24H27N5O2.C14H16N2O.C11H14N2.ClH/c2*1-24(2)23(31)27-22-18(14-26-24)11-16(13-25-22)9-10-21(30)28(3)15-19-12-17-7-5-6-8-20(17)29(19)4;1-4-14(17)15(2)10-12-9-11-7-5-6-8-13(11)16(12)3;1-12-8-10-7-9-5-3-4-6-11(9)13(10)2;/h2*5-13,26H,14-15H2,1-4H3,(H,25,27,31);4-9H,1,10H2,2-3H3;3-7,12H,8H2,1-2H3;1H/b2*10-9+;;;. The van der Waals surface area contributed by atoms with Crippen LogP contribution >= 0.6 is 12.4 Å². The molecule has 19 nitrogen and oxygen atoms in total. The maximum Gasteiger partial charge on any atom is 0.246 e. The van der Waals surface area contributed by atoms with Gasteiger partial charge in [-0.15, -0.1) is 12.4 Å². The minimum atomic E-state index is -0.670. The molecule has 12 rings (SSSR count). The number of hydrogen-bond donors (Lipinski definition) is 5. The largest absolute Gasteiger partial charge is 0.346 e. The number of carbonyl (C=O) groups excluding carboxylic acids is 5. The van der Waals surface area contributed by atoms with Crippen molar-refractivity contribution in [1.29, 1.82) is 0 Å². The zero-order chi connectivity index (χ0) is 66.0. The van der Waals surface area contributed by atoms with Crippen molar-refractivity contribution in [2.45, 2.75) is 78.0 Å². The third-order valence-corrected chi connectivity index (χ3v) is 16.9. The Balaban J connectivity index is 0.000000168. The van der Waals surface area contributed by atoms with E-state index in [4.69, 9.17) is 0 Å². The minimum Gasteiger partial charge on any atom is -0.346 e. The van der Waals surface area contributed by atoms with Gasteiger partial charge in [-0.2, -0.15) is 0 Å². The van der Waals surface area contributed by atoms with Crippen LogP contribution in [0.5, 0.6) is 0 Å². The van der Waals surface area contributed by atoms with E-state index in [9.17, 15) is 24.0 Å². The lowest BCUT2D eigenvalue weighted by Gasteiger charge is -2.21. The molecule has 484 valence electrons. The summed E-state index contributed by atoms with van der Waals surface area (Å²) in [4.78, 5) is 75.0. The molecule has 0 saturated heterocycles. The fourth-order valence-electron chi connectivity index (χ4n) is 11.0. The lowest BCUT2D eigenvalue weighted by molar-refractivity contribution is -0.126. The molecule has 2 aliphatic heterocycles. The molecule has 5 N–H and O–H groups in total. The average molecular weight is 1270 g/mol. The van der Waals surface area contributed by atoms with Gasteiger partial charge in [0.25, 0.3) is 0 Å². The fraction of sp³-hybridized carbons (Fsp3) is 0.274. The van der Waals surface area contributed by atoms with E-state index in [1.165, 1.54) is 33.6 Å². The van der Waals surface area contributed by atoms with E-state index in [1.807, 2.05) is 104 Å². The first-order valence-electron chi connectivity index (χ1n) is 30.6. The summed E-state index contributed by atoms with van der Waals surface area (Å²) < 4.78 is 8.57. The van der Waals surface area contributed by atoms with Crippen LogP contribution in [0.3, 0.4) is 0 Å². The molecular formula is C73H85ClN14O5. The van der Waals surface area contributed by atoms with Crippen LogP contribution in [0, 0.1) is 0 Å². The Bertz CT molecular complexity index is 4260. The smallest absolute Gasteiger partial charge is 0.246 e. The Hall–Kier alpha value is -9.92. The molecule has 0 unspecified atom stereocenters. The zero-order valence-electron chi connectivity index (χ0n) is 55.2. The van der Waals surface area contributed by atoms with Crippen LogP contribution in [-0.2, 0) is 91.4 Å². The van der Waals surface area contributed by atoms with Gasteiger partial charge in [0.05, 0.1) is 30.7 Å². The molecule has 2 aliphatic rings. The van der Waals surface area contributed by atoms with Crippen LogP contribution in [0.1, 0.15) is 72.7 Å². The first-order valence-corrected chi connectivity index (χ1v) is 30.6. The second-order valence-corrected chi connectivity index (χ2v) is 24.4. The molecule has 0 radical (unpaired) electrons. The van der Waals surface area contributed by atoms with Crippen LogP contribution in [-0.4, -0.2) is 112 Å². The highest BCUT2D eigenvalue weighted by molar-refractivity contribution is 5.99. The topological polar surface area (TPSA) is 201 Å². The quantitative estimate of drug-likeness (QED) is 0.0692. The average Bonchev–Trinajstić information content (AvgIpc) is 1.89. The summed E-state index contributed by atoms with van der Waals surface area (Å²) in [5.41, 5.74) is 11.4. The summed E-state index contributed by atoms with van der Waals surface area (Å²) in [6.45, 7) is 14.4. The second-order valence-electron chi connectivity index (χ2n) is 24.4. The van der Waals surface area contributed by atoms with Crippen molar-refractivity contribution in [1.82, 2.24) is 58.9 Å². The van der Waals surface area contributed by atoms with Gasteiger partial charge in [-0.3, -0.25) is 34.6 Å². The predicted octanol–water partition coefficient (Wildman–Crippen LogP) is 10.8. The van der Waals surface area contributed by atoms with Gasteiger partial charge in [0, 0.05) is 149 Å². The van der Waals surface area contributed by atoms with Gasteiger partial charge in [-0.05, 0) is 146 Å². The maximum absolute atomic E-state index is 12.7. The van der Waals surface area contributed by atoms with Gasteiger partial charge in [0.2, 0.25) is 29.5 Å². The summed E-state index contributed by atoms with van der Waals surface area (Å²) in [6, 6.07) is 45.4. The number of fused-ring (bicyclic) bond motifs is 6. The summed E-state index contributed by atoms with van der Waals surface area (Å²) in [5.74, 6) is 0.633. The highest BCUT2D eigenvalue weighted by Crippen LogP contribution is 2.26. The Labute approximate surface area is 550 Å². The number of anilines is 2. The Kier molecular flexibility index (Phi) is 22.3. The summed E-state index contributed by atoms with van der Waals surface area (Å²) in [7, 11) is 15.5. The van der Waals surface area contributed by atoms with E-state index < -0.39 is 11.1 Å².